The molecular formula is C14H17Cl2NO. The number of likely N-dealkylation sites (tertiary alicyclic amines) is 1. The molecule has 2 rings (SSSR count). The van der Waals surface area contributed by atoms with Crippen molar-refractivity contribution in [1.82, 2.24) is 4.90 Å². The molecule has 2 unspecified atom stereocenters. The molecule has 1 fully saturated rings. The SMILES string of the molecule is CC1CCN(C(C)C(=O)c2ccc(Cl)cc2Cl)C1. The fraction of sp³-hybridized carbons (Fsp3) is 0.500. The minimum absolute atomic E-state index is 0.0748. The molecule has 0 aliphatic carbocycles. The number of rotatable bonds is 3. The van der Waals surface area contributed by atoms with Gasteiger partial charge in [-0.05, 0) is 44.0 Å². The normalized spacial score (nSPS) is 22.1. The van der Waals surface area contributed by atoms with Crippen LogP contribution in [-0.4, -0.2) is 29.8 Å². The quantitative estimate of drug-likeness (QED) is 0.785. The first-order valence-corrected chi connectivity index (χ1v) is 6.98. The predicted octanol–water partition coefficient (Wildman–Crippen LogP) is 3.91. The van der Waals surface area contributed by atoms with Gasteiger partial charge in [-0.3, -0.25) is 9.69 Å². The minimum Gasteiger partial charge on any atom is -0.293 e. The Hall–Kier alpha value is -0.570. The maximum absolute atomic E-state index is 12.4. The summed E-state index contributed by atoms with van der Waals surface area (Å²) in [5.74, 6) is 0.742. The summed E-state index contributed by atoms with van der Waals surface area (Å²) >= 11 is 11.9. The molecule has 1 saturated heterocycles. The minimum atomic E-state index is -0.117. The van der Waals surface area contributed by atoms with Gasteiger partial charge in [-0.1, -0.05) is 30.1 Å². The largest absolute Gasteiger partial charge is 0.293 e. The smallest absolute Gasteiger partial charge is 0.181 e. The zero-order valence-corrected chi connectivity index (χ0v) is 12.1. The monoisotopic (exact) mass is 285 g/mol. The van der Waals surface area contributed by atoms with Crippen molar-refractivity contribution in [3.63, 3.8) is 0 Å². The van der Waals surface area contributed by atoms with Gasteiger partial charge in [0.1, 0.15) is 0 Å². The molecule has 2 atom stereocenters. The molecule has 18 heavy (non-hydrogen) atoms. The van der Waals surface area contributed by atoms with E-state index in [0.29, 0.717) is 21.5 Å². The van der Waals surface area contributed by atoms with E-state index in [1.807, 2.05) is 6.92 Å². The van der Waals surface area contributed by atoms with E-state index in [4.69, 9.17) is 23.2 Å². The van der Waals surface area contributed by atoms with Gasteiger partial charge < -0.3 is 0 Å². The fourth-order valence-electron chi connectivity index (χ4n) is 2.40. The van der Waals surface area contributed by atoms with Crippen molar-refractivity contribution in [2.75, 3.05) is 13.1 Å². The Morgan fingerprint density at radius 1 is 1.44 bits per heavy atom. The lowest BCUT2D eigenvalue weighted by molar-refractivity contribution is 0.0864. The standard InChI is InChI=1S/C14H17Cl2NO/c1-9-5-6-17(8-9)10(2)14(18)12-4-3-11(15)7-13(12)16/h3-4,7,9-10H,5-6,8H2,1-2H3. The molecule has 0 spiro atoms. The van der Waals surface area contributed by atoms with Crippen molar-refractivity contribution in [2.24, 2.45) is 5.92 Å². The van der Waals surface area contributed by atoms with Gasteiger partial charge in [-0.25, -0.2) is 0 Å². The Labute approximate surface area is 118 Å². The third kappa shape index (κ3) is 2.87. The van der Waals surface area contributed by atoms with Gasteiger partial charge in [0.15, 0.2) is 5.78 Å². The van der Waals surface area contributed by atoms with Gasteiger partial charge in [-0.15, -0.1) is 0 Å². The van der Waals surface area contributed by atoms with Gasteiger partial charge >= 0.3 is 0 Å². The number of carbonyl (C=O) groups is 1. The molecule has 0 N–H and O–H groups in total. The Bertz CT molecular complexity index is 461. The summed E-state index contributed by atoms with van der Waals surface area (Å²) < 4.78 is 0. The fourth-order valence-corrected chi connectivity index (χ4v) is 2.90. The number of carbonyl (C=O) groups excluding carboxylic acids is 1. The third-order valence-electron chi connectivity index (χ3n) is 3.58. The molecule has 2 nitrogen and oxygen atoms in total. The third-order valence-corrected chi connectivity index (χ3v) is 4.13. The lowest BCUT2D eigenvalue weighted by Crippen LogP contribution is -2.37. The van der Waals surface area contributed by atoms with Crippen LogP contribution in [0, 0.1) is 5.92 Å². The summed E-state index contributed by atoms with van der Waals surface area (Å²) in [7, 11) is 0. The lowest BCUT2D eigenvalue weighted by Gasteiger charge is -2.23. The van der Waals surface area contributed by atoms with E-state index in [9.17, 15) is 4.79 Å². The van der Waals surface area contributed by atoms with Crippen LogP contribution in [0.2, 0.25) is 10.0 Å². The summed E-state index contributed by atoms with van der Waals surface area (Å²) in [4.78, 5) is 14.6. The Balaban J connectivity index is 2.15. The second-order valence-corrected chi connectivity index (χ2v) is 5.90. The van der Waals surface area contributed by atoms with E-state index in [0.717, 1.165) is 19.5 Å². The maximum Gasteiger partial charge on any atom is 0.181 e. The molecule has 1 aliphatic rings. The Kier molecular flexibility index (Phi) is 4.31. The average molecular weight is 286 g/mol. The average Bonchev–Trinajstić information content (AvgIpc) is 2.74. The number of Topliss-reactive ketones (excluding diaryl/α,β-unsaturated/α-hetero) is 1. The van der Waals surface area contributed by atoms with Crippen LogP contribution in [0.1, 0.15) is 30.6 Å². The van der Waals surface area contributed by atoms with Crippen LogP contribution < -0.4 is 0 Å². The van der Waals surface area contributed by atoms with Crippen LogP contribution >= 0.6 is 23.2 Å². The second-order valence-electron chi connectivity index (χ2n) is 5.05. The zero-order valence-electron chi connectivity index (χ0n) is 10.6. The van der Waals surface area contributed by atoms with Crippen LogP contribution in [0.3, 0.4) is 0 Å². The number of hydrogen-bond acceptors (Lipinski definition) is 2. The van der Waals surface area contributed by atoms with E-state index in [2.05, 4.69) is 11.8 Å². The highest BCUT2D eigenvalue weighted by atomic mass is 35.5. The van der Waals surface area contributed by atoms with Crippen molar-refractivity contribution in [3.8, 4) is 0 Å². The maximum atomic E-state index is 12.4. The van der Waals surface area contributed by atoms with E-state index in [1.165, 1.54) is 0 Å². The predicted molar refractivity (Wildman–Crippen MR) is 75.6 cm³/mol. The number of nitrogens with zero attached hydrogens (tertiary/aromatic N) is 1. The van der Waals surface area contributed by atoms with Crippen molar-refractivity contribution in [1.29, 1.82) is 0 Å². The second kappa shape index (κ2) is 5.60. The van der Waals surface area contributed by atoms with Crippen LogP contribution in [-0.2, 0) is 0 Å². The summed E-state index contributed by atoms with van der Waals surface area (Å²) in [6, 6.07) is 4.92. The van der Waals surface area contributed by atoms with Crippen molar-refractivity contribution < 1.29 is 4.79 Å². The molecule has 0 radical (unpaired) electrons. The number of halogens is 2. The highest BCUT2D eigenvalue weighted by molar-refractivity contribution is 6.37. The number of benzene rings is 1. The van der Waals surface area contributed by atoms with Gasteiger partial charge in [0.2, 0.25) is 0 Å². The number of ketones is 1. The topological polar surface area (TPSA) is 20.3 Å². The van der Waals surface area contributed by atoms with Crippen molar-refractivity contribution >= 4 is 29.0 Å². The lowest BCUT2D eigenvalue weighted by atomic mass is 10.0. The van der Waals surface area contributed by atoms with E-state index in [-0.39, 0.29) is 11.8 Å². The summed E-state index contributed by atoms with van der Waals surface area (Å²) in [6.45, 7) is 6.13. The molecule has 98 valence electrons. The van der Waals surface area contributed by atoms with Gasteiger partial charge in [0.25, 0.3) is 0 Å². The Morgan fingerprint density at radius 3 is 2.72 bits per heavy atom. The summed E-state index contributed by atoms with van der Waals surface area (Å²) in [6.07, 6.45) is 1.16. The first kappa shape index (κ1) is 13.9. The van der Waals surface area contributed by atoms with E-state index in [1.54, 1.807) is 18.2 Å². The van der Waals surface area contributed by atoms with Crippen LogP contribution in [0.15, 0.2) is 18.2 Å². The summed E-state index contributed by atoms with van der Waals surface area (Å²) in [5, 5.41) is 0.991. The molecule has 1 aromatic carbocycles. The highest BCUT2D eigenvalue weighted by Gasteiger charge is 2.28. The Morgan fingerprint density at radius 2 is 2.17 bits per heavy atom. The number of hydrogen-bond donors (Lipinski definition) is 0. The van der Waals surface area contributed by atoms with Gasteiger partial charge in [0.05, 0.1) is 11.1 Å². The van der Waals surface area contributed by atoms with E-state index >= 15 is 0 Å². The molecule has 0 saturated carbocycles. The van der Waals surface area contributed by atoms with Crippen LogP contribution in [0.5, 0.6) is 0 Å². The molecular weight excluding hydrogens is 269 g/mol. The van der Waals surface area contributed by atoms with Crippen LogP contribution in [0.4, 0.5) is 0 Å². The van der Waals surface area contributed by atoms with Crippen molar-refractivity contribution in [3.05, 3.63) is 33.8 Å². The molecule has 0 bridgehead atoms. The molecule has 0 aromatic heterocycles. The van der Waals surface area contributed by atoms with Crippen molar-refractivity contribution in [2.45, 2.75) is 26.3 Å². The van der Waals surface area contributed by atoms with Gasteiger partial charge in [0, 0.05) is 17.1 Å². The summed E-state index contributed by atoms with van der Waals surface area (Å²) in [5.41, 5.74) is 0.563. The first-order valence-electron chi connectivity index (χ1n) is 6.22. The molecule has 1 heterocycles. The molecule has 1 aliphatic heterocycles. The molecule has 1 aromatic rings. The molecule has 0 amide bonds. The van der Waals surface area contributed by atoms with Crippen LogP contribution in [0.25, 0.3) is 0 Å². The van der Waals surface area contributed by atoms with E-state index < -0.39 is 0 Å². The molecule has 4 heteroatoms. The first-order chi connectivity index (χ1) is 8.49. The highest BCUT2D eigenvalue weighted by Crippen LogP contribution is 2.25. The zero-order chi connectivity index (χ0) is 13.3. The van der Waals surface area contributed by atoms with Gasteiger partial charge in [-0.2, -0.15) is 0 Å².